The van der Waals surface area contributed by atoms with E-state index in [9.17, 15) is 4.79 Å². The maximum absolute atomic E-state index is 12.5. The largest absolute Gasteiger partial charge is 0.335 e. The summed E-state index contributed by atoms with van der Waals surface area (Å²) in [6, 6.07) is 7.68. The van der Waals surface area contributed by atoms with Crippen molar-refractivity contribution in [1.29, 1.82) is 0 Å². The van der Waals surface area contributed by atoms with Gasteiger partial charge < -0.3 is 4.90 Å². The fraction of sp³-hybridized carbons (Fsp3) is 0.429. The van der Waals surface area contributed by atoms with Gasteiger partial charge in [-0.15, -0.1) is 0 Å². The number of benzene rings is 1. The Morgan fingerprint density at radius 1 is 1.39 bits per heavy atom. The minimum atomic E-state index is -0.170. The van der Waals surface area contributed by atoms with Gasteiger partial charge in [-0.2, -0.15) is 5.10 Å². The van der Waals surface area contributed by atoms with Crippen LogP contribution in [-0.2, 0) is 0 Å². The first kappa shape index (κ1) is 12.6. The van der Waals surface area contributed by atoms with Gasteiger partial charge in [0.15, 0.2) is 5.69 Å². The van der Waals surface area contributed by atoms with Gasteiger partial charge in [-0.3, -0.25) is 9.89 Å². The van der Waals surface area contributed by atoms with Gasteiger partial charge in [-0.1, -0.05) is 25.1 Å². The molecule has 96 valence electrons. The number of H-pyrrole nitrogens is 1. The first-order valence-electron chi connectivity index (χ1n) is 6.18. The van der Waals surface area contributed by atoms with Gasteiger partial charge in [0.1, 0.15) is 0 Å². The number of carbonyl (C=O) groups excluding carboxylic acids is 1. The van der Waals surface area contributed by atoms with Crippen molar-refractivity contribution in [3.63, 3.8) is 0 Å². The number of para-hydroxylation sites is 1. The molecule has 2 aromatic rings. The van der Waals surface area contributed by atoms with E-state index in [1.54, 1.807) is 4.90 Å². The maximum Gasteiger partial charge on any atom is 0.275 e. The van der Waals surface area contributed by atoms with Crippen LogP contribution in [0.5, 0.6) is 0 Å². The molecule has 0 aliphatic heterocycles. The number of amides is 1. The first-order valence-corrected chi connectivity index (χ1v) is 6.18. The number of carbonyl (C=O) groups is 1. The molecule has 0 atom stereocenters. The van der Waals surface area contributed by atoms with Gasteiger partial charge in [0.2, 0.25) is 0 Å². The fourth-order valence-corrected chi connectivity index (χ4v) is 1.80. The predicted octanol–water partition coefficient (Wildman–Crippen LogP) is 2.82. The fourth-order valence-electron chi connectivity index (χ4n) is 1.80. The summed E-state index contributed by atoms with van der Waals surface area (Å²) in [5.41, 5.74) is 1.22. The Morgan fingerprint density at radius 3 is 2.72 bits per heavy atom. The highest BCUT2D eigenvalue weighted by Crippen LogP contribution is 2.22. The Kier molecular flexibility index (Phi) is 3.11. The van der Waals surface area contributed by atoms with Gasteiger partial charge in [-0.25, -0.2) is 0 Å². The lowest BCUT2D eigenvalue weighted by atomic mass is 9.99. The normalized spacial score (nSPS) is 11.8. The second-order valence-electron chi connectivity index (χ2n) is 5.15. The van der Waals surface area contributed by atoms with E-state index in [1.165, 1.54) is 0 Å². The quantitative estimate of drug-likeness (QED) is 0.904. The number of hydrogen-bond acceptors (Lipinski definition) is 2. The third-order valence-electron chi connectivity index (χ3n) is 3.75. The highest BCUT2D eigenvalue weighted by molar-refractivity contribution is 6.04. The molecule has 4 nitrogen and oxygen atoms in total. The smallest absolute Gasteiger partial charge is 0.275 e. The molecule has 18 heavy (non-hydrogen) atoms. The van der Waals surface area contributed by atoms with Gasteiger partial charge >= 0.3 is 0 Å². The van der Waals surface area contributed by atoms with Crippen molar-refractivity contribution in [3.8, 4) is 0 Å². The number of hydrogen-bond donors (Lipinski definition) is 1. The molecule has 4 heteroatoms. The summed E-state index contributed by atoms with van der Waals surface area (Å²) in [4.78, 5) is 14.2. The molecular weight excluding hydrogens is 226 g/mol. The SMILES string of the molecule is CCC(C)(C)N(C)C(=O)c1n[nH]c2ccccc12. The predicted molar refractivity (Wildman–Crippen MR) is 72.6 cm³/mol. The summed E-state index contributed by atoms with van der Waals surface area (Å²) in [5, 5.41) is 7.92. The van der Waals surface area contributed by atoms with Crippen LogP contribution in [0.25, 0.3) is 10.9 Å². The van der Waals surface area contributed by atoms with E-state index in [2.05, 4.69) is 31.0 Å². The van der Waals surface area contributed by atoms with Crippen molar-refractivity contribution in [2.24, 2.45) is 0 Å². The number of nitrogens with zero attached hydrogens (tertiary/aromatic N) is 2. The Balaban J connectivity index is 2.40. The average Bonchev–Trinajstić information content (AvgIpc) is 2.80. The first-order chi connectivity index (χ1) is 8.47. The maximum atomic E-state index is 12.5. The van der Waals surface area contributed by atoms with E-state index in [4.69, 9.17) is 0 Å². The summed E-state index contributed by atoms with van der Waals surface area (Å²) in [6.45, 7) is 6.19. The second kappa shape index (κ2) is 4.44. The molecule has 0 radical (unpaired) electrons. The average molecular weight is 245 g/mol. The molecule has 1 amide bonds. The molecule has 1 aromatic carbocycles. The molecular formula is C14H19N3O. The van der Waals surface area contributed by atoms with Crippen LogP contribution in [0.4, 0.5) is 0 Å². The highest BCUT2D eigenvalue weighted by Gasteiger charge is 2.28. The second-order valence-corrected chi connectivity index (χ2v) is 5.15. The molecule has 0 saturated carbocycles. The number of rotatable bonds is 3. The van der Waals surface area contributed by atoms with Crippen LogP contribution in [0.2, 0.25) is 0 Å². The van der Waals surface area contributed by atoms with Crippen molar-refractivity contribution in [2.45, 2.75) is 32.7 Å². The van der Waals surface area contributed by atoms with Crippen molar-refractivity contribution in [1.82, 2.24) is 15.1 Å². The number of aromatic nitrogens is 2. The number of nitrogens with one attached hydrogen (secondary N) is 1. The van der Waals surface area contributed by atoms with Gasteiger partial charge in [0.05, 0.1) is 5.52 Å². The lowest BCUT2D eigenvalue weighted by Crippen LogP contribution is -2.44. The van der Waals surface area contributed by atoms with Crippen molar-refractivity contribution >= 4 is 16.8 Å². The van der Waals surface area contributed by atoms with Crippen molar-refractivity contribution < 1.29 is 4.79 Å². The lowest BCUT2D eigenvalue weighted by Gasteiger charge is -2.34. The molecule has 0 fully saturated rings. The van der Waals surface area contributed by atoms with Crippen LogP contribution in [0.15, 0.2) is 24.3 Å². The van der Waals surface area contributed by atoms with Crippen LogP contribution in [0, 0.1) is 0 Å². The van der Waals surface area contributed by atoms with Crippen molar-refractivity contribution in [3.05, 3.63) is 30.0 Å². The van der Waals surface area contributed by atoms with Crippen LogP contribution in [0.3, 0.4) is 0 Å². The summed E-state index contributed by atoms with van der Waals surface area (Å²) in [5.74, 6) is -0.0423. The number of fused-ring (bicyclic) bond motifs is 1. The highest BCUT2D eigenvalue weighted by atomic mass is 16.2. The van der Waals surface area contributed by atoms with Crippen LogP contribution >= 0.6 is 0 Å². The van der Waals surface area contributed by atoms with Gasteiger partial charge in [0, 0.05) is 18.0 Å². The molecule has 1 N–H and O–H groups in total. The van der Waals surface area contributed by atoms with E-state index in [1.807, 2.05) is 31.3 Å². The topological polar surface area (TPSA) is 49.0 Å². The molecule has 1 aromatic heterocycles. The van der Waals surface area contributed by atoms with Crippen LogP contribution < -0.4 is 0 Å². The summed E-state index contributed by atoms with van der Waals surface area (Å²) in [6.07, 6.45) is 0.900. The minimum Gasteiger partial charge on any atom is -0.335 e. The summed E-state index contributed by atoms with van der Waals surface area (Å²) < 4.78 is 0. The molecule has 0 saturated heterocycles. The van der Waals surface area contributed by atoms with E-state index in [-0.39, 0.29) is 11.4 Å². The summed E-state index contributed by atoms with van der Waals surface area (Å²) in [7, 11) is 1.83. The summed E-state index contributed by atoms with van der Waals surface area (Å²) >= 11 is 0. The Labute approximate surface area is 107 Å². The van der Waals surface area contributed by atoms with E-state index in [0.717, 1.165) is 17.3 Å². The molecule has 0 unspecified atom stereocenters. The zero-order valence-corrected chi connectivity index (χ0v) is 11.3. The molecule has 0 bridgehead atoms. The van der Waals surface area contributed by atoms with Crippen LogP contribution in [-0.4, -0.2) is 33.6 Å². The molecule has 0 aliphatic rings. The molecule has 0 spiro atoms. The lowest BCUT2D eigenvalue weighted by molar-refractivity contribution is 0.0616. The molecule has 0 aliphatic carbocycles. The zero-order chi connectivity index (χ0) is 13.3. The van der Waals surface area contributed by atoms with Crippen molar-refractivity contribution in [2.75, 3.05) is 7.05 Å². The van der Waals surface area contributed by atoms with Crippen LogP contribution in [0.1, 0.15) is 37.7 Å². The standard InChI is InChI=1S/C14H19N3O/c1-5-14(2,3)17(4)13(18)12-10-8-6-7-9-11(10)15-16-12/h6-9H,5H2,1-4H3,(H,15,16). The Morgan fingerprint density at radius 2 is 2.06 bits per heavy atom. The Bertz CT molecular complexity index is 571. The van der Waals surface area contributed by atoms with E-state index < -0.39 is 0 Å². The monoisotopic (exact) mass is 245 g/mol. The zero-order valence-electron chi connectivity index (χ0n) is 11.3. The van der Waals surface area contributed by atoms with Gasteiger partial charge in [0.25, 0.3) is 5.91 Å². The van der Waals surface area contributed by atoms with E-state index >= 15 is 0 Å². The minimum absolute atomic E-state index is 0.0423. The number of aromatic amines is 1. The van der Waals surface area contributed by atoms with E-state index in [0.29, 0.717) is 5.69 Å². The Hall–Kier alpha value is -1.84. The molecule has 1 heterocycles. The third kappa shape index (κ3) is 1.98. The van der Waals surface area contributed by atoms with Gasteiger partial charge in [-0.05, 0) is 26.3 Å². The third-order valence-corrected chi connectivity index (χ3v) is 3.75. The molecule has 2 rings (SSSR count).